The van der Waals surface area contributed by atoms with Crippen molar-refractivity contribution in [3.8, 4) is 5.88 Å². The highest BCUT2D eigenvalue weighted by Crippen LogP contribution is 2.11. The topological polar surface area (TPSA) is 112 Å². The van der Waals surface area contributed by atoms with Crippen LogP contribution >= 0.6 is 12.2 Å². The summed E-state index contributed by atoms with van der Waals surface area (Å²) < 4.78 is 1.33. The van der Waals surface area contributed by atoms with Crippen LogP contribution in [0.4, 0.5) is 10.5 Å². The van der Waals surface area contributed by atoms with Crippen LogP contribution in [-0.4, -0.2) is 26.9 Å². The third-order valence-corrected chi connectivity index (χ3v) is 3.23. The third kappa shape index (κ3) is 4.17. The Morgan fingerprint density at radius 1 is 1.42 bits per heavy atom. The Morgan fingerprint density at radius 3 is 2.79 bits per heavy atom. The molecule has 1 aromatic heterocycles. The van der Waals surface area contributed by atoms with Crippen LogP contribution in [0.5, 0.6) is 5.88 Å². The molecule has 0 atom stereocenters. The molecular formula is C15H15N5O3S. The maximum absolute atomic E-state index is 11.8. The molecule has 24 heavy (non-hydrogen) atoms. The summed E-state index contributed by atoms with van der Waals surface area (Å²) in [6, 6.07) is 8.18. The molecule has 0 radical (unpaired) electrons. The molecule has 0 aliphatic rings. The lowest BCUT2D eigenvalue weighted by atomic mass is 10.3. The minimum atomic E-state index is -0.619. The fraction of sp³-hybridized carbons (Fsp3) is 0.0667. The molecule has 2 aromatic rings. The van der Waals surface area contributed by atoms with Gasteiger partial charge in [0.05, 0.1) is 6.21 Å². The Hall–Kier alpha value is -3.20. The molecule has 0 fully saturated rings. The standard InChI is InChI=1S/C15H15N5O3S/c1-2-8-20-13(22)11(12(21)18-15(20)24)9-16-19-14(23)17-10-6-4-3-5-7-10/h2-7,9,22H,1,8H2,(H2,17,19,23)(H,18,21,24). The summed E-state index contributed by atoms with van der Waals surface area (Å²) >= 11 is 4.95. The molecular weight excluding hydrogens is 330 g/mol. The van der Waals surface area contributed by atoms with Crippen molar-refractivity contribution >= 4 is 30.2 Å². The Morgan fingerprint density at radius 2 is 2.12 bits per heavy atom. The second kappa shape index (κ2) is 7.88. The zero-order valence-corrected chi connectivity index (χ0v) is 13.3. The van der Waals surface area contributed by atoms with Crippen molar-refractivity contribution in [3.05, 3.63) is 63.7 Å². The lowest BCUT2D eigenvalue weighted by Crippen LogP contribution is -2.25. The summed E-state index contributed by atoms with van der Waals surface area (Å²) in [6.07, 6.45) is 2.55. The first-order chi connectivity index (χ1) is 11.5. The zero-order valence-electron chi connectivity index (χ0n) is 12.5. The predicted molar refractivity (Wildman–Crippen MR) is 93.9 cm³/mol. The molecule has 9 heteroatoms. The second-order valence-corrected chi connectivity index (χ2v) is 4.97. The van der Waals surface area contributed by atoms with E-state index in [4.69, 9.17) is 12.2 Å². The van der Waals surface area contributed by atoms with Gasteiger partial charge >= 0.3 is 6.03 Å². The molecule has 2 rings (SSSR count). The molecule has 0 bridgehead atoms. The minimum absolute atomic E-state index is 0.0596. The number of urea groups is 1. The SMILES string of the molecule is C=CCn1c(O)c(C=NNC(=O)Nc2ccccc2)c(=O)[nH]c1=S. The van der Waals surface area contributed by atoms with Crippen LogP contribution in [0.25, 0.3) is 0 Å². The highest BCUT2D eigenvalue weighted by atomic mass is 32.1. The zero-order chi connectivity index (χ0) is 17.5. The fourth-order valence-electron chi connectivity index (χ4n) is 1.83. The molecule has 1 heterocycles. The van der Waals surface area contributed by atoms with E-state index in [2.05, 4.69) is 27.4 Å². The molecule has 4 N–H and O–H groups in total. The summed E-state index contributed by atoms with van der Waals surface area (Å²) in [5.74, 6) is -0.363. The number of rotatable bonds is 5. The number of carbonyl (C=O) groups excluding carboxylic acids is 1. The predicted octanol–water partition coefficient (Wildman–Crippen LogP) is 1.95. The van der Waals surface area contributed by atoms with Crippen molar-refractivity contribution in [2.45, 2.75) is 6.54 Å². The van der Waals surface area contributed by atoms with Gasteiger partial charge in [-0.2, -0.15) is 5.10 Å². The van der Waals surface area contributed by atoms with Crippen LogP contribution in [0.15, 0.2) is 52.9 Å². The summed E-state index contributed by atoms with van der Waals surface area (Å²) in [6.45, 7) is 3.76. The average Bonchev–Trinajstić information content (AvgIpc) is 2.55. The number of hydrogen-bond donors (Lipinski definition) is 4. The maximum Gasteiger partial charge on any atom is 0.339 e. The van der Waals surface area contributed by atoms with Gasteiger partial charge in [-0.15, -0.1) is 6.58 Å². The number of aromatic hydroxyl groups is 1. The van der Waals surface area contributed by atoms with E-state index in [0.717, 1.165) is 6.21 Å². The number of nitrogens with zero attached hydrogens (tertiary/aromatic N) is 2. The normalized spacial score (nSPS) is 10.5. The Bertz CT molecular complexity index is 886. The van der Waals surface area contributed by atoms with Crippen LogP contribution in [0, 0.1) is 4.77 Å². The molecule has 124 valence electrons. The number of H-pyrrole nitrogens is 1. The number of benzene rings is 1. The fourth-order valence-corrected chi connectivity index (χ4v) is 2.08. The van der Waals surface area contributed by atoms with Gasteiger partial charge in [0.25, 0.3) is 5.56 Å². The Balaban J connectivity index is 2.13. The summed E-state index contributed by atoms with van der Waals surface area (Å²) in [5, 5.41) is 16.3. The molecule has 0 saturated carbocycles. The van der Waals surface area contributed by atoms with E-state index in [9.17, 15) is 14.7 Å². The van der Waals surface area contributed by atoms with Crippen molar-refractivity contribution in [1.82, 2.24) is 15.0 Å². The largest absolute Gasteiger partial charge is 0.494 e. The molecule has 0 spiro atoms. The van der Waals surface area contributed by atoms with Crippen LogP contribution in [-0.2, 0) is 6.54 Å². The van der Waals surface area contributed by atoms with E-state index in [0.29, 0.717) is 5.69 Å². The minimum Gasteiger partial charge on any atom is -0.494 e. The number of hydrogen-bond acceptors (Lipinski definition) is 5. The lowest BCUT2D eigenvalue weighted by molar-refractivity contribution is 0.252. The number of anilines is 1. The first kappa shape index (κ1) is 17.2. The van der Waals surface area contributed by atoms with Gasteiger partial charge in [-0.05, 0) is 24.4 Å². The van der Waals surface area contributed by atoms with E-state index >= 15 is 0 Å². The van der Waals surface area contributed by atoms with Crippen LogP contribution in [0.2, 0.25) is 0 Å². The maximum atomic E-state index is 11.8. The van der Waals surface area contributed by atoms with Gasteiger partial charge in [0, 0.05) is 12.2 Å². The van der Waals surface area contributed by atoms with E-state index in [1.807, 2.05) is 6.07 Å². The van der Waals surface area contributed by atoms with Gasteiger partial charge in [0.2, 0.25) is 5.88 Å². The van der Waals surface area contributed by atoms with Crippen molar-refractivity contribution in [2.24, 2.45) is 5.10 Å². The first-order valence-corrected chi connectivity index (χ1v) is 7.26. The van der Waals surface area contributed by atoms with Gasteiger partial charge < -0.3 is 10.4 Å². The first-order valence-electron chi connectivity index (χ1n) is 6.85. The average molecular weight is 345 g/mol. The highest BCUT2D eigenvalue weighted by Gasteiger charge is 2.10. The number of hydrazone groups is 1. The molecule has 0 unspecified atom stereocenters. The van der Waals surface area contributed by atoms with Crippen molar-refractivity contribution in [3.63, 3.8) is 0 Å². The summed E-state index contributed by atoms with van der Waals surface area (Å²) in [7, 11) is 0. The van der Waals surface area contributed by atoms with Crippen molar-refractivity contribution in [1.29, 1.82) is 0 Å². The van der Waals surface area contributed by atoms with Crippen LogP contribution < -0.4 is 16.3 Å². The van der Waals surface area contributed by atoms with Crippen molar-refractivity contribution < 1.29 is 9.90 Å². The van der Waals surface area contributed by atoms with E-state index < -0.39 is 11.6 Å². The molecule has 1 aromatic carbocycles. The third-order valence-electron chi connectivity index (χ3n) is 2.91. The monoisotopic (exact) mass is 345 g/mol. The molecule has 2 amide bonds. The molecule has 8 nitrogen and oxygen atoms in total. The van der Waals surface area contributed by atoms with Gasteiger partial charge in [0.1, 0.15) is 5.56 Å². The highest BCUT2D eigenvalue weighted by molar-refractivity contribution is 7.71. The van der Waals surface area contributed by atoms with Gasteiger partial charge in [-0.1, -0.05) is 24.3 Å². The number of para-hydroxylation sites is 1. The van der Waals surface area contributed by atoms with E-state index in [1.165, 1.54) is 10.6 Å². The quantitative estimate of drug-likeness (QED) is 0.287. The van der Waals surface area contributed by atoms with Gasteiger partial charge in [-0.3, -0.25) is 14.3 Å². The molecule has 0 aliphatic heterocycles. The van der Waals surface area contributed by atoms with E-state index in [-0.39, 0.29) is 22.8 Å². The van der Waals surface area contributed by atoms with Crippen LogP contribution in [0.1, 0.15) is 5.56 Å². The van der Waals surface area contributed by atoms with Crippen LogP contribution in [0.3, 0.4) is 0 Å². The number of aromatic nitrogens is 2. The second-order valence-electron chi connectivity index (χ2n) is 4.59. The number of aromatic amines is 1. The molecule has 0 saturated heterocycles. The Kier molecular flexibility index (Phi) is 5.63. The number of allylic oxidation sites excluding steroid dienone is 1. The smallest absolute Gasteiger partial charge is 0.339 e. The molecule has 0 aliphatic carbocycles. The lowest BCUT2D eigenvalue weighted by Gasteiger charge is -2.08. The van der Waals surface area contributed by atoms with Gasteiger partial charge in [0.15, 0.2) is 4.77 Å². The summed E-state index contributed by atoms with van der Waals surface area (Å²) in [5.41, 5.74) is 2.04. The van der Waals surface area contributed by atoms with E-state index in [1.54, 1.807) is 24.3 Å². The number of nitrogens with one attached hydrogen (secondary N) is 3. The van der Waals surface area contributed by atoms with Gasteiger partial charge in [-0.25, -0.2) is 10.2 Å². The number of amides is 2. The number of carbonyl (C=O) groups is 1. The van der Waals surface area contributed by atoms with Crippen molar-refractivity contribution in [2.75, 3.05) is 5.32 Å². The Labute approximate surface area is 142 Å². The summed E-state index contributed by atoms with van der Waals surface area (Å²) in [4.78, 5) is 25.9.